The molecule has 0 saturated carbocycles. The van der Waals surface area contributed by atoms with Crippen LogP contribution in [-0.4, -0.2) is 43.5 Å². The molecule has 2 amide bonds. The zero-order chi connectivity index (χ0) is 21.4. The molecule has 5 rings (SSSR count). The van der Waals surface area contributed by atoms with Crippen molar-refractivity contribution in [2.24, 2.45) is 0 Å². The number of hydrogen-bond acceptors (Lipinski definition) is 4. The van der Waals surface area contributed by atoms with Crippen molar-refractivity contribution >= 4 is 28.8 Å². The molecular weight excluding hydrogens is 408 g/mol. The number of nitrogens with zero attached hydrogens (tertiary/aromatic N) is 2. The highest BCUT2D eigenvalue weighted by Gasteiger charge is 2.46. The summed E-state index contributed by atoms with van der Waals surface area (Å²) in [6, 6.07) is 19.3. The second-order valence-electron chi connectivity index (χ2n) is 7.89. The van der Waals surface area contributed by atoms with Crippen molar-refractivity contribution in [2.45, 2.75) is 18.4 Å². The van der Waals surface area contributed by atoms with Gasteiger partial charge in [-0.2, -0.15) is 0 Å². The van der Waals surface area contributed by atoms with E-state index in [4.69, 9.17) is 4.74 Å². The van der Waals surface area contributed by atoms with Gasteiger partial charge >= 0.3 is 0 Å². The average molecular weight is 433 g/mol. The van der Waals surface area contributed by atoms with E-state index in [1.807, 2.05) is 69.8 Å². The minimum Gasteiger partial charge on any atom is -0.383 e. The molecule has 0 saturated heterocycles. The van der Waals surface area contributed by atoms with Crippen molar-refractivity contribution in [1.82, 2.24) is 4.90 Å². The molecule has 6 heteroatoms. The molecule has 31 heavy (non-hydrogen) atoms. The van der Waals surface area contributed by atoms with Crippen molar-refractivity contribution < 1.29 is 14.3 Å². The largest absolute Gasteiger partial charge is 0.383 e. The van der Waals surface area contributed by atoms with Crippen LogP contribution in [0.25, 0.3) is 0 Å². The van der Waals surface area contributed by atoms with Crippen LogP contribution >= 0.6 is 11.3 Å². The summed E-state index contributed by atoms with van der Waals surface area (Å²) in [6.07, 6.45) is 0.853. The normalized spacial score (nSPS) is 20.0. The van der Waals surface area contributed by atoms with Gasteiger partial charge in [0.25, 0.3) is 5.91 Å². The highest BCUT2D eigenvalue weighted by molar-refractivity contribution is 7.10. The first-order valence-electron chi connectivity index (χ1n) is 10.5. The Morgan fingerprint density at radius 3 is 2.71 bits per heavy atom. The number of methoxy groups -OCH3 is 1. The van der Waals surface area contributed by atoms with Crippen LogP contribution in [0.15, 0.2) is 66.0 Å². The van der Waals surface area contributed by atoms with E-state index in [-0.39, 0.29) is 17.9 Å². The van der Waals surface area contributed by atoms with E-state index in [9.17, 15) is 9.59 Å². The molecule has 0 aliphatic carbocycles. The molecule has 2 aromatic carbocycles. The second-order valence-corrected chi connectivity index (χ2v) is 8.86. The predicted octanol–water partition coefficient (Wildman–Crippen LogP) is 4.26. The van der Waals surface area contributed by atoms with Gasteiger partial charge in [-0.15, -0.1) is 11.3 Å². The molecule has 1 aromatic heterocycles. The van der Waals surface area contributed by atoms with Gasteiger partial charge in [0.05, 0.1) is 18.6 Å². The van der Waals surface area contributed by atoms with Crippen LogP contribution in [0.3, 0.4) is 0 Å². The first kappa shape index (κ1) is 20.0. The Labute approximate surface area is 185 Å². The number of amides is 2. The van der Waals surface area contributed by atoms with Crippen LogP contribution in [0.5, 0.6) is 0 Å². The molecule has 0 N–H and O–H groups in total. The van der Waals surface area contributed by atoms with Gasteiger partial charge in [0.15, 0.2) is 0 Å². The van der Waals surface area contributed by atoms with Gasteiger partial charge in [-0.1, -0.05) is 42.5 Å². The van der Waals surface area contributed by atoms with E-state index in [1.54, 1.807) is 18.4 Å². The molecule has 0 fully saturated rings. The van der Waals surface area contributed by atoms with E-state index in [1.165, 1.54) is 5.56 Å². The Bertz CT molecular complexity index is 1110. The van der Waals surface area contributed by atoms with E-state index < -0.39 is 5.92 Å². The smallest absolute Gasteiger partial charge is 0.254 e. The summed E-state index contributed by atoms with van der Waals surface area (Å²) in [4.78, 5) is 32.3. The lowest BCUT2D eigenvalue weighted by Crippen LogP contribution is -2.49. The number of carbonyl (C=O) groups excluding carboxylic acids is 2. The van der Waals surface area contributed by atoms with Gasteiger partial charge in [0.2, 0.25) is 5.91 Å². The number of para-hydroxylation sites is 1. The fraction of sp³-hybridized carbons (Fsp3) is 0.280. The Morgan fingerprint density at radius 2 is 1.90 bits per heavy atom. The maximum Gasteiger partial charge on any atom is 0.254 e. The van der Waals surface area contributed by atoms with Crippen LogP contribution < -0.4 is 4.90 Å². The topological polar surface area (TPSA) is 49.9 Å². The van der Waals surface area contributed by atoms with Crippen molar-refractivity contribution in [3.63, 3.8) is 0 Å². The molecule has 0 radical (unpaired) electrons. The lowest BCUT2D eigenvalue weighted by molar-refractivity contribution is -0.121. The SMILES string of the molecule is COCCN1C(=O)c2ccccc2[C@H](C(=O)N2CCc3ccccc32)[C@H]1c1cccs1. The Hall–Kier alpha value is -2.96. The Kier molecular flexibility index (Phi) is 5.34. The van der Waals surface area contributed by atoms with Crippen molar-refractivity contribution in [3.05, 3.63) is 87.6 Å². The summed E-state index contributed by atoms with van der Waals surface area (Å²) in [5.74, 6) is -0.460. The average Bonchev–Trinajstić information content (AvgIpc) is 3.48. The summed E-state index contributed by atoms with van der Waals surface area (Å²) in [7, 11) is 1.63. The summed E-state index contributed by atoms with van der Waals surface area (Å²) >= 11 is 1.59. The lowest BCUT2D eigenvalue weighted by Gasteiger charge is -2.42. The molecule has 2 atom stereocenters. The van der Waals surface area contributed by atoms with Crippen molar-refractivity contribution in [1.29, 1.82) is 0 Å². The van der Waals surface area contributed by atoms with Gasteiger partial charge in [0, 0.05) is 36.3 Å². The van der Waals surface area contributed by atoms with E-state index in [2.05, 4.69) is 6.07 Å². The number of anilines is 1. The summed E-state index contributed by atoms with van der Waals surface area (Å²) in [5, 5.41) is 2.00. The van der Waals surface area contributed by atoms with Crippen LogP contribution in [0, 0.1) is 0 Å². The molecule has 0 spiro atoms. The van der Waals surface area contributed by atoms with Crippen LogP contribution in [0.2, 0.25) is 0 Å². The van der Waals surface area contributed by atoms with Crippen molar-refractivity contribution in [2.75, 3.05) is 31.7 Å². The number of rotatable bonds is 5. The number of hydrogen-bond donors (Lipinski definition) is 0. The highest BCUT2D eigenvalue weighted by Crippen LogP contribution is 2.46. The first-order chi connectivity index (χ1) is 15.2. The van der Waals surface area contributed by atoms with E-state index in [0.29, 0.717) is 25.3 Å². The number of benzene rings is 2. The Balaban J connectivity index is 1.64. The van der Waals surface area contributed by atoms with Gasteiger partial charge in [-0.25, -0.2) is 0 Å². The highest BCUT2D eigenvalue weighted by atomic mass is 32.1. The molecule has 5 nitrogen and oxygen atoms in total. The third-order valence-electron chi connectivity index (χ3n) is 6.23. The van der Waals surface area contributed by atoms with Crippen LogP contribution in [-0.2, 0) is 16.0 Å². The zero-order valence-electron chi connectivity index (χ0n) is 17.4. The van der Waals surface area contributed by atoms with Gasteiger partial charge in [0.1, 0.15) is 0 Å². The van der Waals surface area contributed by atoms with Gasteiger partial charge in [-0.05, 0) is 41.1 Å². The molecule has 2 aliphatic heterocycles. The fourth-order valence-corrected chi connectivity index (χ4v) is 5.68. The second kappa shape index (κ2) is 8.29. The molecule has 2 aliphatic rings. The van der Waals surface area contributed by atoms with Gasteiger partial charge in [-0.3, -0.25) is 9.59 Å². The quantitative estimate of drug-likeness (QED) is 0.605. The summed E-state index contributed by atoms with van der Waals surface area (Å²) in [6.45, 7) is 1.52. The fourth-order valence-electron chi connectivity index (χ4n) is 4.80. The number of fused-ring (bicyclic) bond motifs is 2. The zero-order valence-corrected chi connectivity index (χ0v) is 18.2. The maximum absolute atomic E-state index is 14.1. The molecule has 0 bridgehead atoms. The third-order valence-corrected chi connectivity index (χ3v) is 7.17. The molecule has 3 heterocycles. The van der Waals surface area contributed by atoms with E-state index in [0.717, 1.165) is 22.5 Å². The molecule has 3 aromatic rings. The lowest BCUT2D eigenvalue weighted by atomic mass is 9.81. The monoisotopic (exact) mass is 432 g/mol. The van der Waals surface area contributed by atoms with Crippen LogP contribution in [0.4, 0.5) is 5.69 Å². The van der Waals surface area contributed by atoms with Crippen molar-refractivity contribution in [3.8, 4) is 0 Å². The molecule has 0 unspecified atom stereocenters. The first-order valence-corrected chi connectivity index (χ1v) is 11.4. The predicted molar refractivity (Wildman–Crippen MR) is 122 cm³/mol. The summed E-state index contributed by atoms with van der Waals surface area (Å²) < 4.78 is 5.30. The number of thiophene rings is 1. The summed E-state index contributed by atoms with van der Waals surface area (Å²) in [5.41, 5.74) is 3.60. The van der Waals surface area contributed by atoms with Gasteiger partial charge < -0.3 is 14.5 Å². The standard InChI is InChI=1S/C25H24N2O3S/c1-30-15-14-27-23(21-11-6-16-31-21)22(18-8-3-4-9-19(18)24(27)28)25(29)26-13-12-17-7-2-5-10-20(17)26/h2-11,16,22-23H,12-15H2,1H3/t22-,23+/m0/s1. The molecule has 158 valence electrons. The number of ether oxygens (including phenoxy) is 1. The third kappa shape index (κ3) is 3.36. The minimum absolute atomic E-state index is 0.0445. The molecular formula is C25H24N2O3S. The van der Waals surface area contributed by atoms with Crippen LogP contribution in [0.1, 0.15) is 38.3 Å². The van der Waals surface area contributed by atoms with E-state index >= 15 is 0 Å². The minimum atomic E-state index is -0.462. The maximum atomic E-state index is 14.1. The number of carbonyl (C=O) groups is 2. The Morgan fingerprint density at radius 1 is 1.10 bits per heavy atom.